The van der Waals surface area contributed by atoms with E-state index in [0.717, 1.165) is 0 Å². The van der Waals surface area contributed by atoms with Crippen molar-refractivity contribution in [1.29, 1.82) is 0 Å². The Balaban J connectivity index is 2.76. The molecule has 0 saturated heterocycles. The Morgan fingerprint density at radius 3 is 2.50 bits per heavy atom. The largest absolute Gasteiger partial charge is 0.325 e. The number of nitrogens with two attached hydrogens (primary N) is 1. The maximum absolute atomic E-state index is 13.2. The van der Waals surface area contributed by atoms with Crippen LogP contribution < -0.4 is 5.73 Å². The quantitative estimate of drug-likeness (QED) is 0.873. The third-order valence-corrected chi connectivity index (χ3v) is 2.62. The molecule has 2 N–H and O–H groups in total. The maximum atomic E-state index is 13.2. The van der Waals surface area contributed by atoms with Crippen molar-refractivity contribution in [1.82, 2.24) is 0 Å². The van der Waals surface area contributed by atoms with Gasteiger partial charge in [0, 0.05) is 6.42 Å². The molecule has 0 aliphatic carbocycles. The Hall–Kier alpha value is -0.740. The Labute approximate surface area is 97.4 Å². The van der Waals surface area contributed by atoms with Crippen molar-refractivity contribution in [3.05, 3.63) is 34.1 Å². The van der Waals surface area contributed by atoms with Crippen LogP contribution in [0.3, 0.4) is 0 Å². The van der Waals surface area contributed by atoms with Crippen molar-refractivity contribution >= 4 is 11.6 Å². The molecule has 1 aromatic carbocycles. The first-order chi connectivity index (χ1) is 7.35. The Bertz CT molecular complexity index is 356. The summed E-state index contributed by atoms with van der Waals surface area (Å²) in [6.45, 7) is 0.868. The summed E-state index contributed by atoms with van der Waals surface area (Å²) in [7, 11) is 0. The van der Waals surface area contributed by atoms with E-state index < -0.39 is 18.3 Å². The fourth-order valence-corrected chi connectivity index (χ4v) is 1.66. The standard InChI is InChI=1S/C11H13ClF3N/c1-7-4-8(5-9(12)10(7)13)2-3-11(14,15)6-16/h4-5H,2-3,6,16H2,1H3. The topological polar surface area (TPSA) is 26.0 Å². The summed E-state index contributed by atoms with van der Waals surface area (Å²) in [6.07, 6.45) is -0.226. The van der Waals surface area contributed by atoms with Crippen molar-refractivity contribution in [2.75, 3.05) is 6.54 Å². The molecule has 0 radical (unpaired) electrons. The first-order valence-corrected chi connectivity index (χ1v) is 5.26. The van der Waals surface area contributed by atoms with Gasteiger partial charge < -0.3 is 5.73 Å². The molecule has 0 bridgehead atoms. The average molecular weight is 252 g/mol. The fraction of sp³-hybridized carbons (Fsp3) is 0.455. The lowest BCUT2D eigenvalue weighted by Crippen LogP contribution is -2.28. The third kappa shape index (κ3) is 3.39. The van der Waals surface area contributed by atoms with E-state index >= 15 is 0 Å². The molecule has 0 aromatic heterocycles. The highest BCUT2D eigenvalue weighted by Crippen LogP contribution is 2.24. The van der Waals surface area contributed by atoms with Crippen LogP contribution in [0.4, 0.5) is 13.2 Å². The van der Waals surface area contributed by atoms with Crippen molar-refractivity contribution in [2.24, 2.45) is 5.73 Å². The SMILES string of the molecule is Cc1cc(CCC(F)(F)CN)cc(Cl)c1F. The summed E-state index contributed by atoms with van der Waals surface area (Å²) in [4.78, 5) is 0. The molecular weight excluding hydrogens is 239 g/mol. The molecule has 16 heavy (non-hydrogen) atoms. The predicted octanol–water partition coefficient (Wildman–Crippen LogP) is 3.31. The lowest BCUT2D eigenvalue weighted by Gasteiger charge is -2.13. The summed E-state index contributed by atoms with van der Waals surface area (Å²) in [5, 5.41) is -0.0361. The molecule has 90 valence electrons. The van der Waals surface area contributed by atoms with E-state index in [1.165, 1.54) is 12.1 Å². The zero-order chi connectivity index (χ0) is 12.3. The molecule has 0 spiro atoms. The molecule has 1 rings (SSSR count). The highest BCUT2D eigenvalue weighted by Gasteiger charge is 2.26. The number of benzene rings is 1. The molecule has 1 nitrogen and oxygen atoms in total. The molecular formula is C11H13ClF3N. The van der Waals surface area contributed by atoms with E-state index in [-0.39, 0.29) is 17.9 Å². The Morgan fingerprint density at radius 2 is 2.00 bits per heavy atom. The van der Waals surface area contributed by atoms with Gasteiger partial charge in [-0.1, -0.05) is 17.7 Å². The smallest absolute Gasteiger partial charge is 0.260 e. The van der Waals surface area contributed by atoms with Gasteiger partial charge in [0.2, 0.25) is 0 Å². The van der Waals surface area contributed by atoms with E-state index in [1.807, 2.05) is 0 Å². The molecule has 1 aromatic rings. The van der Waals surface area contributed by atoms with Crippen LogP contribution in [-0.4, -0.2) is 12.5 Å². The van der Waals surface area contributed by atoms with E-state index in [9.17, 15) is 13.2 Å². The van der Waals surface area contributed by atoms with Crippen LogP contribution in [-0.2, 0) is 6.42 Å². The zero-order valence-electron chi connectivity index (χ0n) is 8.87. The van der Waals surface area contributed by atoms with Crippen LogP contribution in [0.2, 0.25) is 5.02 Å². The predicted molar refractivity (Wildman–Crippen MR) is 58.5 cm³/mol. The second-order valence-corrected chi connectivity index (χ2v) is 4.18. The summed E-state index contributed by atoms with van der Waals surface area (Å²) in [5.41, 5.74) is 5.87. The van der Waals surface area contributed by atoms with Gasteiger partial charge in [-0.2, -0.15) is 0 Å². The highest BCUT2D eigenvalue weighted by atomic mass is 35.5. The zero-order valence-corrected chi connectivity index (χ0v) is 9.62. The summed E-state index contributed by atoms with van der Waals surface area (Å²) >= 11 is 5.62. The second-order valence-electron chi connectivity index (χ2n) is 3.77. The van der Waals surface area contributed by atoms with Crippen molar-refractivity contribution in [3.63, 3.8) is 0 Å². The van der Waals surface area contributed by atoms with Gasteiger partial charge in [0.05, 0.1) is 11.6 Å². The van der Waals surface area contributed by atoms with Crippen LogP contribution in [0.1, 0.15) is 17.5 Å². The van der Waals surface area contributed by atoms with Crippen molar-refractivity contribution < 1.29 is 13.2 Å². The number of hydrogen-bond acceptors (Lipinski definition) is 1. The van der Waals surface area contributed by atoms with Crippen LogP contribution in [0.25, 0.3) is 0 Å². The molecule has 0 fully saturated rings. The van der Waals surface area contributed by atoms with Crippen LogP contribution in [0.5, 0.6) is 0 Å². The molecule has 0 aliphatic heterocycles. The summed E-state index contributed by atoms with van der Waals surface area (Å²) in [5.74, 6) is -3.38. The van der Waals surface area contributed by atoms with Gasteiger partial charge in [-0.25, -0.2) is 13.2 Å². The normalized spacial score (nSPS) is 11.9. The number of aryl methyl sites for hydroxylation is 2. The van der Waals surface area contributed by atoms with E-state index in [0.29, 0.717) is 11.1 Å². The lowest BCUT2D eigenvalue weighted by molar-refractivity contribution is 0.00246. The van der Waals surface area contributed by atoms with Gasteiger partial charge in [0.1, 0.15) is 5.82 Å². The van der Waals surface area contributed by atoms with E-state index in [4.69, 9.17) is 17.3 Å². The van der Waals surface area contributed by atoms with Gasteiger partial charge in [-0.3, -0.25) is 0 Å². The minimum absolute atomic E-state index is 0.0361. The fourth-order valence-electron chi connectivity index (χ4n) is 1.37. The van der Waals surface area contributed by atoms with Crippen LogP contribution in [0, 0.1) is 12.7 Å². The lowest BCUT2D eigenvalue weighted by atomic mass is 10.0. The van der Waals surface area contributed by atoms with Crippen LogP contribution in [0.15, 0.2) is 12.1 Å². The number of hydrogen-bond donors (Lipinski definition) is 1. The first kappa shape index (κ1) is 13.3. The molecule has 5 heteroatoms. The molecule has 0 saturated carbocycles. The number of halogens is 4. The van der Waals surface area contributed by atoms with E-state index in [2.05, 4.69) is 0 Å². The number of alkyl halides is 2. The van der Waals surface area contributed by atoms with Gasteiger partial charge in [0.25, 0.3) is 5.92 Å². The molecule has 0 aliphatic rings. The Morgan fingerprint density at radius 1 is 1.38 bits per heavy atom. The van der Waals surface area contributed by atoms with Gasteiger partial charge >= 0.3 is 0 Å². The first-order valence-electron chi connectivity index (χ1n) is 4.88. The van der Waals surface area contributed by atoms with Crippen molar-refractivity contribution in [2.45, 2.75) is 25.7 Å². The Kier molecular flexibility index (Phi) is 4.21. The summed E-state index contributed by atoms with van der Waals surface area (Å²) < 4.78 is 38.9. The number of rotatable bonds is 4. The minimum atomic E-state index is -2.88. The average Bonchev–Trinajstić information content (AvgIpc) is 2.23. The minimum Gasteiger partial charge on any atom is -0.325 e. The van der Waals surface area contributed by atoms with Crippen LogP contribution >= 0.6 is 11.6 Å². The molecule has 0 unspecified atom stereocenters. The van der Waals surface area contributed by atoms with Gasteiger partial charge in [-0.05, 0) is 30.5 Å². The monoisotopic (exact) mass is 251 g/mol. The highest BCUT2D eigenvalue weighted by molar-refractivity contribution is 6.30. The van der Waals surface area contributed by atoms with Gasteiger partial charge in [-0.15, -0.1) is 0 Å². The van der Waals surface area contributed by atoms with E-state index in [1.54, 1.807) is 6.92 Å². The molecule has 0 atom stereocenters. The molecule has 0 amide bonds. The van der Waals surface area contributed by atoms with Gasteiger partial charge in [0.15, 0.2) is 0 Å². The van der Waals surface area contributed by atoms with Crippen molar-refractivity contribution in [3.8, 4) is 0 Å². The third-order valence-electron chi connectivity index (χ3n) is 2.35. The summed E-state index contributed by atoms with van der Waals surface area (Å²) in [6, 6.07) is 2.89. The molecule has 0 heterocycles. The maximum Gasteiger partial charge on any atom is 0.260 e. The second kappa shape index (κ2) is 5.06.